The van der Waals surface area contributed by atoms with Gasteiger partial charge in [-0.05, 0) is 29.8 Å². The molecule has 18 heavy (non-hydrogen) atoms. The Bertz CT molecular complexity index is 582. The number of halogens is 2. The van der Waals surface area contributed by atoms with Gasteiger partial charge in [0.1, 0.15) is 11.6 Å². The fraction of sp³-hybridized carbons (Fsp3) is 0. The second-order valence-corrected chi connectivity index (χ2v) is 3.64. The monoisotopic (exact) mass is 249 g/mol. The van der Waals surface area contributed by atoms with E-state index >= 15 is 0 Å². The smallest absolute Gasteiger partial charge is 0.274 e. The van der Waals surface area contributed by atoms with Crippen LogP contribution in [0.2, 0.25) is 0 Å². The predicted octanol–water partition coefficient (Wildman–Crippen LogP) is 2.75. The van der Waals surface area contributed by atoms with E-state index in [9.17, 15) is 13.6 Å². The Hall–Kier alpha value is -2.27. The third kappa shape index (κ3) is 2.36. The summed E-state index contributed by atoms with van der Waals surface area (Å²) in [6, 6.07) is 9.18. The number of benzene rings is 2. The van der Waals surface area contributed by atoms with E-state index in [4.69, 9.17) is 5.21 Å². The lowest BCUT2D eigenvalue weighted by Crippen LogP contribution is -2.18. The Morgan fingerprint density at radius 1 is 1.06 bits per heavy atom. The number of carbonyl (C=O) groups excluding carboxylic acids is 1. The fourth-order valence-electron chi connectivity index (χ4n) is 1.59. The summed E-state index contributed by atoms with van der Waals surface area (Å²) in [6.45, 7) is 0. The highest BCUT2D eigenvalue weighted by Crippen LogP contribution is 2.23. The lowest BCUT2D eigenvalue weighted by Gasteiger charge is -2.05. The molecule has 0 aliphatic heterocycles. The predicted molar refractivity (Wildman–Crippen MR) is 61.0 cm³/mol. The molecule has 0 saturated carbocycles. The van der Waals surface area contributed by atoms with Crippen LogP contribution in [0, 0.1) is 11.6 Å². The molecule has 0 radical (unpaired) electrons. The zero-order chi connectivity index (χ0) is 13.1. The summed E-state index contributed by atoms with van der Waals surface area (Å²) in [5.41, 5.74) is 2.49. The summed E-state index contributed by atoms with van der Waals surface area (Å²) >= 11 is 0. The third-order valence-electron chi connectivity index (χ3n) is 2.49. The van der Waals surface area contributed by atoms with E-state index in [-0.39, 0.29) is 11.1 Å². The summed E-state index contributed by atoms with van der Waals surface area (Å²) in [7, 11) is 0. The number of hydrogen-bond acceptors (Lipinski definition) is 2. The molecule has 0 aromatic heterocycles. The highest BCUT2D eigenvalue weighted by atomic mass is 19.1. The number of hydroxylamine groups is 1. The van der Waals surface area contributed by atoms with E-state index < -0.39 is 17.5 Å². The van der Waals surface area contributed by atoms with Gasteiger partial charge in [-0.3, -0.25) is 10.0 Å². The second-order valence-electron chi connectivity index (χ2n) is 3.64. The van der Waals surface area contributed by atoms with Crippen molar-refractivity contribution in [3.05, 3.63) is 59.7 Å². The van der Waals surface area contributed by atoms with Crippen molar-refractivity contribution in [3.8, 4) is 11.1 Å². The molecule has 5 heteroatoms. The van der Waals surface area contributed by atoms with Crippen molar-refractivity contribution in [1.82, 2.24) is 5.48 Å². The van der Waals surface area contributed by atoms with Crippen LogP contribution in [0.1, 0.15) is 10.4 Å². The average Bonchev–Trinajstić information content (AvgIpc) is 2.38. The molecule has 0 unspecified atom stereocenters. The lowest BCUT2D eigenvalue weighted by atomic mass is 10.0. The van der Waals surface area contributed by atoms with E-state index in [0.29, 0.717) is 5.56 Å². The molecule has 0 aliphatic rings. The maximum Gasteiger partial charge on any atom is 0.274 e. The molecule has 0 bridgehead atoms. The van der Waals surface area contributed by atoms with Gasteiger partial charge in [-0.2, -0.15) is 0 Å². The zero-order valence-corrected chi connectivity index (χ0v) is 9.15. The van der Waals surface area contributed by atoms with Crippen LogP contribution in [0.5, 0.6) is 0 Å². The van der Waals surface area contributed by atoms with E-state index in [2.05, 4.69) is 0 Å². The van der Waals surface area contributed by atoms with Gasteiger partial charge in [0, 0.05) is 17.2 Å². The molecule has 2 aromatic carbocycles. The Labute approximate surface area is 102 Å². The molecule has 3 nitrogen and oxygen atoms in total. The first-order valence-corrected chi connectivity index (χ1v) is 5.12. The first-order chi connectivity index (χ1) is 8.61. The molecule has 92 valence electrons. The Morgan fingerprint density at radius 3 is 2.28 bits per heavy atom. The van der Waals surface area contributed by atoms with Gasteiger partial charge in [0.05, 0.1) is 0 Å². The number of amides is 1. The minimum atomic E-state index is -0.672. The van der Waals surface area contributed by atoms with Gasteiger partial charge in [0.2, 0.25) is 0 Å². The summed E-state index contributed by atoms with van der Waals surface area (Å²) in [4.78, 5) is 11.1. The SMILES string of the molecule is O=C(NO)c1ccc(-c2ccc(F)cc2F)cc1. The number of nitrogens with one attached hydrogen (secondary N) is 1. The highest BCUT2D eigenvalue weighted by molar-refractivity contribution is 5.93. The molecule has 0 heterocycles. The van der Waals surface area contributed by atoms with Gasteiger partial charge >= 0.3 is 0 Å². The number of carbonyl (C=O) groups is 1. The standard InChI is InChI=1S/C13H9F2NO2/c14-10-5-6-11(12(15)7-10)8-1-3-9(4-2-8)13(17)16-18/h1-7,18H,(H,16,17). The first kappa shape index (κ1) is 12.2. The summed E-state index contributed by atoms with van der Waals surface area (Å²) in [6.07, 6.45) is 0. The van der Waals surface area contributed by atoms with Crippen LogP contribution in [0.3, 0.4) is 0 Å². The molecule has 0 saturated heterocycles. The maximum atomic E-state index is 13.5. The van der Waals surface area contributed by atoms with Crippen LogP contribution in [-0.4, -0.2) is 11.1 Å². The Morgan fingerprint density at radius 2 is 1.72 bits per heavy atom. The molecule has 1 amide bonds. The second kappa shape index (κ2) is 4.93. The number of hydrogen-bond donors (Lipinski definition) is 2. The Balaban J connectivity index is 2.37. The molecule has 2 aromatic rings. The summed E-state index contributed by atoms with van der Waals surface area (Å²) in [5.74, 6) is -1.97. The van der Waals surface area contributed by atoms with Crippen LogP contribution in [0.25, 0.3) is 11.1 Å². The van der Waals surface area contributed by atoms with E-state index in [1.165, 1.54) is 35.8 Å². The van der Waals surface area contributed by atoms with Crippen LogP contribution in [-0.2, 0) is 0 Å². The van der Waals surface area contributed by atoms with Crippen LogP contribution in [0.4, 0.5) is 8.78 Å². The normalized spacial score (nSPS) is 10.2. The molecule has 0 aliphatic carbocycles. The van der Waals surface area contributed by atoms with E-state index in [1.54, 1.807) is 0 Å². The average molecular weight is 249 g/mol. The molecule has 0 spiro atoms. The molecular formula is C13H9F2NO2. The number of rotatable bonds is 2. The molecular weight excluding hydrogens is 240 g/mol. The van der Waals surface area contributed by atoms with Crippen LogP contribution in [0.15, 0.2) is 42.5 Å². The van der Waals surface area contributed by atoms with Crippen LogP contribution < -0.4 is 5.48 Å². The molecule has 2 rings (SSSR count). The van der Waals surface area contributed by atoms with Gasteiger partial charge < -0.3 is 0 Å². The molecule has 0 atom stereocenters. The van der Waals surface area contributed by atoms with Crippen molar-refractivity contribution >= 4 is 5.91 Å². The van der Waals surface area contributed by atoms with E-state index in [0.717, 1.165) is 12.1 Å². The molecule has 2 N–H and O–H groups in total. The maximum absolute atomic E-state index is 13.5. The van der Waals surface area contributed by atoms with Gasteiger partial charge in [-0.15, -0.1) is 0 Å². The van der Waals surface area contributed by atoms with E-state index in [1.807, 2.05) is 0 Å². The van der Waals surface area contributed by atoms with Crippen molar-refractivity contribution in [2.24, 2.45) is 0 Å². The van der Waals surface area contributed by atoms with Gasteiger partial charge in [0.15, 0.2) is 0 Å². The fourth-order valence-corrected chi connectivity index (χ4v) is 1.59. The Kier molecular flexibility index (Phi) is 3.34. The van der Waals surface area contributed by atoms with Crippen LogP contribution >= 0.6 is 0 Å². The quantitative estimate of drug-likeness (QED) is 0.635. The topological polar surface area (TPSA) is 49.3 Å². The minimum absolute atomic E-state index is 0.240. The largest absolute Gasteiger partial charge is 0.288 e. The van der Waals surface area contributed by atoms with Crippen molar-refractivity contribution in [2.75, 3.05) is 0 Å². The van der Waals surface area contributed by atoms with Gasteiger partial charge in [-0.1, -0.05) is 12.1 Å². The van der Waals surface area contributed by atoms with Gasteiger partial charge in [0.25, 0.3) is 5.91 Å². The molecule has 0 fully saturated rings. The van der Waals surface area contributed by atoms with Gasteiger partial charge in [-0.25, -0.2) is 14.3 Å². The van der Waals surface area contributed by atoms with Crippen molar-refractivity contribution < 1.29 is 18.8 Å². The van der Waals surface area contributed by atoms with Crippen molar-refractivity contribution in [2.45, 2.75) is 0 Å². The lowest BCUT2D eigenvalue weighted by molar-refractivity contribution is 0.0706. The van der Waals surface area contributed by atoms with Crippen molar-refractivity contribution in [1.29, 1.82) is 0 Å². The highest BCUT2D eigenvalue weighted by Gasteiger charge is 2.08. The first-order valence-electron chi connectivity index (χ1n) is 5.12. The zero-order valence-electron chi connectivity index (χ0n) is 9.15. The third-order valence-corrected chi connectivity index (χ3v) is 2.49. The summed E-state index contributed by atoms with van der Waals surface area (Å²) < 4.78 is 26.3. The minimum Gasteiger partial charge on any atom is -0.288 e. The summed E-state index contributed by atoms with van der Waals surface area (Å²) in [5, 5.41) is 8.45. The van der Waals surface area contributed by atoms with Crippen molar-refractivity contribution in [3.63, 3.8) is 0 Å².